The number of hydrazine groups is 1. The van der Waals surface area contributed by atoms with Gasteiger partial charge in [-0.1, -0.05) is 12.1 Å². The normalized spacial score (nSPS) is 10.6. The van der Waals surface area contributed by atoms with Gasteiger partial charge in [0.15, 0.2) is 10.7 Å². The number of hydrogen-bond acceptors (Lipinski definition) is 5. The van der Waals surface area contributed by atoms with Crippen molar-refractivity contribution in [1.29, 1.82) is 0 Å². The van der Waals surface area contributed by atoms with Crippen LogP contribution in [-0.2, 0) is 0 Å². The second kappa shape index (κ2) is 7.09. The largest absolute Gasteiger partial charge is 0.435 e. The van der Waals surface area contributed by atoms with Crippen LogP contribution in [0, 0.1) is 0 Å². The monoisotopic (exact) mass is 350 g/mol. The number of nitrogens with zero attached hydrogens (tertiary/aromatic N) is 1. The molecular formula is C15H12F2N4O2S. The zero-order valence-electron chi connectivity index (χ0n) is 12.1. The van der Waals surface area contributed by atoms with Gasteiger partial charge in [0, 0.05) is 5.69 Å². The highest BCUT2D eigenvalue weighted by molar-refractivity contribution is 7.80. The van der Waals surface area contributed by atoms with Gasteiger partial charge in [-0.15, -0.1) is 0 Å². The number of rotatable bonds is 5. The highest BCUT2D eigenvalue weighted by Crippen LogP contribution is 2.18. The Morgan fingerprint density at radius 3 is 2.58 bits per heavy atom. The van der Waals surface area contributed by atoms with Crippen LogP contribution in [0.1, 0.15) is 0 Å². The van der Waals surface area contributed by atoms with E-state index in [4.69, 9.17) is 16.6 Å². The fraction of sp³-hybridized carbons (Fsp3) is 0.0667. The van der Waals surface area contributed by atoms with Gasteiger partial charge in [-0.25, -0.2) is 0 Å². The van der Waals surface area contributed by atoms with Gasteiger partial charge in [0.25, 0.3) is 0 Å². The molecule has 0 bridgehead atoms. The SMILES string of the molecule is FC(F)Oc1ccc(NC(=S)NNc2nc3ccccc3o2)cc1. The summed E-state index contributed by atoms with van der Waals surface area (Å²) in [5.74, 6) is 0.0685. The van der Waals surface area contributed by atoms with Gasteiger partial charge in [-0.3, -0.25) is 10.9 Å². The van der Waals surface area contributed by atoms with Crippen molar-refractivity contribution in [1.82, 2.24) is 10.4 Å². The summed E-state index contributed by atoms with van der Waals surface area (Å²) in [6, 6.07) is 13.5. The number of aromatic nitrogens is 1. The molecule has 3 N–H and O–H groups in total. The van der Waals surface area contributed by atoms with Crippen LogP contribution in [0.25, 0.3) is 11.1 Å². The summed E-state index contributed by atoms with van der Waals surface area (Å²) in [6.07, 6.45) is 0. The van der Waals surface area contributed by atoms with Crippen LogP contribution < -0.4 is 20.9 Å². The molecule has 0 aliphatic carbocycles. The van der Waals surface area contributed by atoms with E-state index in [0.717, 1.165) is 5.52 Å². The van der Waals surface area contributed by atoms with Crippen molar-refractivity contribution in [3.8, 4) is 5.75 Å². The maximum absolute atomic E-state index is 12.1. The molecule has 9 heteroatoms. The first-order chi connectivity index (χ1) is 11.6. The number of halogens is 2. The first-order valence-corrected chi connectivity index (χ1v) is 7.24. The van der Waals surface area contributed by atoms with Gasteiger partial charge < -0.3 is 14.5 Å². The van der Waals surface area contributed by atoms with Crippen molar-refractivity contribution < 1.29 is 17.9 Å². The number of benzene rings is 2. The lowest BCUT2D eigenvalue weighted by Gasteiger charge is -2.11. The molecule has 0 saturated heterocycles. The summed E-state index contributed by atoms with van der Waals surface area (Å²) in [4.78, 5) is 4.22. The van der Waals surface area contributed by atoms with Crippen molar-refractivity contribution in [2.45, 2.75) is 6.61 Å². The van der Waals surface area contributed by atoms with Gasteiger partial charge in [-0.05, 0) is 48.6 Å². The van der Waals surface area contributed by atoms with Crippen LogP contribution in [0.4, 0.5) is 20.5 Å². The van der Waals surface area contributed by atoms with E-state index in [2.05, 4.69) is 25.9 Å². The number of hydrogen-bond donors (Lipinski definition) is 3. The zero-order valence-corrected chi connectivity index (χ0v) is 12.9. The maximum Gasteiger partial charge on any atom is 0.387 e. The lowest BCUT2D eigenvalue weighted by atomic mass is 10.3. The minimum atomic E-state index is -2.85. The third-order valence-corrected chi connectivity index (χ3v) is 3.12. The summed E-state index contributed by atoms with van der Waals surface area (Å²) in [6.45, 7) is -2.85. The van der Waals surface area contributed by atoms with Crippen molar-refractivity contribution in [2.24, 2.45) is 0 Å². The Balaban J connectivity index is 1.53. The number of ether oxygens (including phenoxy) is 1. The highest BCUT2D eigenvalue weighted by Gasteiger charge is 2.06. The van der Waals surface area contributed by atoms with Crippen LogP contribution in [0.2, 0.25) is 0 Å². The van der Waals surface area contributed by atoms with Crippen molar-refractivity contribution >= 4 is 40.1 Å². The molecule has 24 heavy (non-hydrogen) atoms. The Bertz CT molecular complexity index is 806. The Morgan fingerprint density at radius 2 is 1.88 bits per heavy atom. The Hall–Kier alpha value is -2.94. The van der Waals surface area contributed by atoms with Crippen molar-refractivity contribution in [2.75, 3.05) is 10.7 Å². The smallest absolute Gasteiger partial charge is 0.387 e. The maximum atomic E-state index is 12.1. The number of fused-ring (bicyclic) bond motifs is 1. The Kier molecular flexibility index (Phi) is 4.71. The molecule has 0 atom stereocenters. The molecule has 0 spiro atoms. The minimum Gasteiger partial charge on any atom is -0.435 e. The molecule has 124 valence electrons. The van der Waals surface area contributed by atoms with Crippen LogP contribution >= 0.6 is 12.2 Å². The van der Waals surface area contributed by atoms with E-state index in [1.165, 1.54) is 12.1 Å². The average Bonchev–Trinajstić information content (AvgIpc) is 2.97. The van der Waals surface area contributed by atoms with Crippen molar-refractivity contribution in [3.63, 3.8) is 0 Å². The molecule has 1 heterocycles. The molecule has 3 rings (SSSR count). The quantitative estimate of drug-likeness (QED) is 0.478. The standard InChI is InChI=1S/C15H12F2N4O2S/c16-13(17)22-10-7-5-9(6-8-10)18-15(24)21-20-14-19-11-3-1-2-4-12(11)23-14/h1-8,13H,(H,19,20)(H2,18,21,24). The van der Waals surface area contributed by atoms with Crippen molar-refractivity contribution in [3.05, 3.63) is 48.5 Å². The summed E-state index contributed by atoms with van der Waals surface area (Å²) >= 11 is 5.11. The van der Waals surface area contributed by atoms with Gasteiger partial charge in [-0.2, -0.15) is 13.8 Å². The van der Waals surface area contributed by atoms with Gasteiger partial charge in [0.2, 0.25) is 0 Å². The molecular weight excluding hydrogens is 338 g/mol. The Labute approximate surface area is 140 Å². The number of oxazole rings is 1. The number of alkyl halides is 2. The molecule has 3 aromatic rings. The molecule has 0 unspecified atom stereocenters. The van der Waals surface area contributed by atoms with E-state index in [-0.39, 0.29) is 16.9 Å². The fourth-order valence-corrected chi connectivity index (χ4v) is 2.09. The fourth-order valence-electron chi connectivity index (χ4n) is 1.92. The number of nitrogens with one attached hydrogen (secondary N) is 3. The Morgan fingerprint density at radius 1 is 1.12 bits per heavy atom. The molecule has 0 saturated carbocycles. The molecule has 0 aliphatic rings. The molecule has 0 radical (unpaired) electrons. The summed E-state index contributed by atoms with van der Waals surface area (Å²) in [5, 5.41) is 3.12. The lowest BCUT2D eigenvalue weighted by Crippen LogP contribution is -2.33. The minimum absolute atomic E-state index is 0.0685. The highest BCUT2D eigenvalue weighted by atomic mass is 32.1. The number of thiocarbonyl (C=S) groups is 1. The van der Waals surface area contributed by atoms with Crippen LogP contribution in [0.3, 0.4) is 0 Å². The van der Waals surface area contributed by atoms with Crippen LogP contribution in [0.15, 0.2) is 52.9 Å². The van der Waals surface area contributed by atoms with E-state index < -0.39 is 6.61 Å². The molecule has 6 nitrogen and oxygen atoms in total. The van der Waals surface area contributed by atoms with Crippen LogP contribution in [0.5, 0.6) is 5.75 Å². The summed E-state index contributed by atoms with van der Waals surface area (Å²) in [5.41, 5.74) is 7.43. The van der Waals surface area contributed by atoms with Gasteiger partial charge in [0.1, 0.15) is 11.3 Å². The number of para-hydroxylation sites is 2. The summed E-state index contributed by atoms with van der Waals surface area (Å²) in [7, 11) is 0. The molecule has 1 aromatic heterocycles. The van der Waals surface area contributed by atoms with E-state index in [0.29, 0.717) is 11.3 Å². The van der Waals surface area contributed by atoms with Gasteiger partial charge in [0.05, 0.1) is 0 Å². The number of anilines is 2. The third kappa shape index (κ3) is 4.07. The van der Waals surface area contributed by atoms with Gasteiger partial charge >= 0.3 is 12.6 Å². The molecule has 0 aliphatic heterocycles. The molecule has 2 aromatic carbocycles. The third-order valence-electron chi connectivity index (χ3n) is 2.91. The molecule has 0 fully saturated rings. The first kappa shape index (κ1) is 15.9. The average molecular weight is 350 g/mol. The second-order valence-corrected chi connectivity index (χ2v) is 5.00. The second-order valence-electron chi connectivity index (χ2n) is 4.59. The van der Waals surface area contributed by atoms with E-state index in [1.54, 1.807) is 18.2 Å². The van der Waals surface area contributed by atoms with E-state index >= 15 is 0 Å². The zero-order chi connectivity index (χ0) is 16.9. The first-order valence-electron chi connectivity index (χ1n) is 6.83. The van der Waals surface area contributed by atoms with Crippen LogP contribution in [-0.4, -0.2) is 16.7 Å². The van der Waals surface area contributed by atoms with E-state index in [9.17, 15) is 8.78 Å². The lowest BCUT2D eigenvalue weighted by molar-refractivity contribution is -0.0498. The van der Waals surface area contributed by atoms with E-state index in [1.807, 2.05) is 18.2 Å². The predicted molar refractivity (Wildman–Crippen MR) is 90.1 cm³/mol. The molecule has 0 amide bonds. The topological polar surface area (TPSA) is 71.3 Å². The predicted octanol–water partition coefficient (Wildman–Crippen LogP) is 3.74. The summed E-state index contributed by atoms with van der Waals surface area (Å²) < 4.78 is 33.9.